The second-order valence-electron chi connectivity index (χ2n) is 5.60. The summed E-state index contributed by atoms with van der Waals surface area (Å²) in [6.07, 6.45) is 2.27. The average Bonchev–Trinajstić information content (AvgIpc) is 2.90. The first-order valence-electron chi connectivity index (χ1n) is 7.37. The van der Waals surface area contributed by atoms with Crippen molar-refractivity contribution >= 4 is 29.5 Å². The maximum Gasteiger partial charge on any atom is 0.327 e. The summed E-state index contributed by atoms with van der Waals surface area (Å²) >= 11 is 1.53. The van der Waals surface area contributed by atoms with Gasteiger partial charge < -0.3 is 14.9 Å². The predicted octanol–water partition coefficient (Wildman–Crippen LogP) is 1.01. The highest BCUT2D eigenvalue weighted by atomic mass is 32.2. The van der Waals surface area contributed by atoms with E-state index >= 15 is 0 Å². The van der Waals surface area contributed by atoms with Crippen LogP contribution in [0.25, 0.3) is 0 Å². The van der Waals surface area contributed by atoms with E-state index in [4.69, 9.17) is 0 Å². The number of carbonyl (C=O) groups excluding carboxylic acids is 2. The zero-order valence-electron chi connectivity index (χ0n) is 12.4. The Labute approximate surface area is 128 Å². The Morgan fingerprint density at radius 1 is 1.33 bits per heavy atom. The Morgan fingerprint density at radius 3 is 2.62 bits per heavy atom. The number of aliphatic carboxylic acids is 1. The third kappa shape index (κ3) is 3.33. The van der Waals surface area contributed by atoms with E-state index in [1.807, 2.05) is 6.92 Å². The zero-order valence-corrected chi connectivity index (χ0v) is 13.3. The Bertz CT molecular complexity index is 443. The summed E-state index contributed by atoms with van der Waals surface area (Å²) in [5.41, 5.74) is 0. The lowest BCUT2D eigenvalue weighted by Gasteiger charge is -2.36. The molecule has 0 aromatic rings. The molecular weight excluding hydrogens is 292 g/mol. The van der Waals surface area contributed by atoms with E-state index in [9.17, 15) is 19.5 Å². The molecule has 3 unspecified atom stereocenters. The highest BCUT2D eigenvalue weighted by molar-refractivity contribution is 8.00. The molecule has 6 nitrogen and oxygen atoms in total. The van der Waals surface area contributed by atoms with E-state index in [1.165, 1.54) is 18.7 Å². The molecule has 3 atom stereocenters. The number of piperidine rings is 1. The summed E-state index contributed by atoms with van der Waals surface area (Å²) in [4.78, 5) is 38.8. The number of nitrogens with zero attached hydrogens (tertiary/aromatic N) is 2. The first-order chi connectivity index (χ1) is 9.95. The molecule has 2 fully saturated rings. The normalized spacial score (nSPS) is 29.5. The number of rotatable bonds is 3. The minimum absolute atomic E-state index is 0.0230. The topological polar surface area (TPSA) is 77.9 Å². The monoisotopic (exact) mass is 314 g/mol. The first kappa shape index (κ1) is 16.1. The molecule has 1 N–H and O–H groups in total. The van der Waals surface area contributed by atoms with Crippen molar-refractivity contribution in [3.05, 3.63) is 0 Å². The number of hydrogen-bond donors (Lipinski definition) is 1. The van der Waals surface area contributed by atoms with Gasteiger partial charge in [0.1, 0.15) is 6.04 Å². The van der Waals surface area contributed by atoms with Crippen LogP contribution in [-0.2, 0) is 14.4 Å². The molecule has 0 aliphatic carbocycles. The summed E-state index contributed by atoms with van der Waals surface area (Å²) in [7, 11) is 0. The van der Waals surface area contributed by atoms with Gasteiger partial charge in [-0.1, -0.05) is 6.92 Å². The second-order valence-corrected chi connectivity index (χ2v) is 6.81. The van der Waals surface area contributed by atoms with Gasteiger partial charge in [0.05, 0.1) is 11.3 Å². The molecule has 21 heavy (non-hydrogen) atoms. The number of carboxylic acid groups (broad SMARTS) is 1. The maximum atomic E-state index is 12.8. The Kier molecular flexibility index (Phi) is 5.13. The summed E-state index contributed by atoms with van der Waals surface area (Å²) in [5, 5.41) is 9.25. The van der Waals surface area contributed by atoms with Gasteiger partial charge in [-0.3, -0.25) is 9.59 Å². The summed E-state index contributed by atoms with van der Waals surface area (Å²) in [6.45, 7) is 4.57. The third-order valence-corrected chi connectivity index (χ3v) is 5.65. The minimum atomic E-state index is -0.939. The fourth-order valence-corrected chi connectivity index (χ4v) is 4.39. The van der Waals surface area contributed by atoms with Crippen molar-refractivity contribution in [1.29, 1.82) is 0 Å². The van der Waals surface area contributed by atoms with Crippen molar-refractivity contribution in [3.63, 3.8) is 0 Å². The van der Waals surface area contributed by atoms with Crippen LogP contribution in [0.4, 0.5) is 0 Å². The molecular formula is C14H22N2O4S. The summed E-state index contributed by atoms with van der Waals surface area (Å²) < 4.78 is 0. The van der Waals surface area contributed by atoms with E-state index in [0.29, 0.717) is 18.8 Å². The van der Waals surface area contributed by atoms with E-state index < -0.39 is 12.0 Å². The molecule has 0 aromatic carbocycles. The van der Waals surface area contributed by atoms with Crippen LogP contribution in [0.15, 0.2) is 0 Å². The van der Waals surface area contributed by atoms with Gasteiger partial charge in [0.2, 0.25) is 11.8 Å². The van der Waals surface area contributed by atoms with Crippen molar-refractivity contribution in [1.82, 2.24) is 9.80 Å². The molecule has 0 radical (unpaired) electrons. The molecule has 0 bridgehead atoms. The third-order valence-electron chi connectivity index (χ3n) is 4.20. The zero-order chi connectivity index (χ0) is 15.6. The molecule has 2 amide bonds. The fraction of sp³-hybridized carbons (Fsp3) is 0.786. The van der Waals surface area contributed by atoms with E-state index in [-0.39, 0.29) is 23.1 Å². The molecule has 7 heteroatoms. The molecule has 2 rings (SSSR count). The lowest BCUT2D eigenvalue weighted by atomic mass is 9.95. The molecule has 0 aromatic heterocycles. The Hall–Kier alpha value is -1.24. The van der Waals surface area contributed by atoms with Crippen molar-refractivity contribution in [2.75, 3.05) is 18.8 Å². The van der Waals surface area contributed by atoms with E-state index in [1.54, 1.807) is 9.80 Å². The Balaban J connectivity index is 2.12. The lowest BCUT2D eigenvalue weighted by molar-refractivity contribution is -0.152. The average molecular weight is 314 g/mol. The molecule has 118 valence electrons. The summed E-state index contributed by atoms with van der Waals surface area (Å²) in [6, 6.07) is -0.736. The lowest BCUT2D eigenvalue weighted by Crippen LogP contribution is -2.51. The van der Waals surface area contributed by atoms with Crippen LogP contribution >= 0.6 is 11.8 Å². The summed E-state index contributed by atoms with van der Waals surface area (Å²) in [5.74, 6) is -0.887. The van der Waals surface area contributed by atoms with Gasteiger partial charge in [-0.05, 0) is 19.3 Å². The number of hydrogen-bond acceptors (Lipinski definition) is 4. The van der Waals surface area contributed by atoms with Gasteiger partial charge in [-0.15, -0.1) is 11.8 Å². The van der Waals surface area contributed by atoms with Crippen molar-refractivity contribution in [2.45, 2.75) is 44.5 Å². The van der Waals surface area contributed by atoms with Gasteiger partial charge in [0, 0.05) is 25.8 Å². The standard InChI is InChI=1S/C14H22N2O4S/c1-3-12-16(11(8-21-12)14(19)20)13(18)10-5-4-6-15(7-10)9(2)17/h10-12H,3-8H2,1-2H3,(H,19,20). The Morgan fingerprint density at radius 2 is 2.05 bits per heavy atom. The van der Waals surface area contributed by atoms with Crippen LogP contribution in [0.2, 0.25) is 0 Å². The van der Waals surface area contributed by atoms with Gasteiger partial charge in [0.25, 0.3) is 0 Å². The molecule has 2 heterocycles. The SMILES string of the molecule is CCC1SCC(C(=O)O)N1C(=O)C1CCCN(C(C)=O)C1. The number of carboxylic acids is 1. The number of likely N-dealkylation sites (tertiary alicyclic amines) is 1. The molecule has 0 saturated carbocycles. The van der Waals surface area contributed by atoms with Crippen LogP contribution in [0.1, 0.15) is 33.1 Å². The predicted molar refractivity (Wildman–Crippen MR) is 79.8 cm³/mol. The van der Waals surface area contributed by atoms with Crippen LogP contribution in [0.5, 0.6) is 0 Å². The highest BCUT2D eigenvalue weighted by Crippen LogP contribution is 2.34. The van der Waals surface area contributed by atoms with Crippen LogP contribution < -0.4 is 0 Å². The number of thioether (sulfide) groups is 1. The van der Waals surface area contributed by atoms with E-state index in [2.05, 4.69) is 0 Å². The van der Waals surface area contributed by atoms with Crippen LogP contribution in [0.3, 0.4) is 0 Å². The van der Waals surface area contributed by atoms with E-state index in [0.717, 1.165) is 19.3 Å². The minimum Gasteiger partial charge on any atom is -0.480 e. The number of amides is 2. The van der Waals surface area contributed by atoms with Gasteiger partial charge in [0.15, 0.2) is 0 Å². The largest absolute Gasteiger partial charge is 0.480 e. The van der Waals surface area contributed by atoms with Crippen LogP contribution in [-0.4, -0.2) is 62.9 Å². The quantitative estimate of drug-likeness (QED) is 0.841. The van der Waals surface area contributed by atoms with Crippen molar-refractivity contribution in [3.8, 4) is 0 Å². The van der Waals surface area contributed by atoms with Gasteiger partial charge in [-0.25, -0.2) is 4.79 Å². The second kappa shape index (κ2) is 6.68. The molecule has 2 aliphatic heterocycles. The van der Waals surface area contributed by atoms with Crippen molar-refractivity contribution in [2.24, 2.45) is 5.92 Å². The van der Waals surface area contributed by atoms with Crippen LogP contribution in [0, 0.1) is 5.92 Å². The fourth-order valence-electron chi connectivity index (χ4n) is 3.04. The van der Waals surface area contributed by atoms with Gasteiger partial charge >= 0.3 is 5.97 Å². The smallest absolute Gasteiger partial charge is 0.327 e. The molecule has 0 spiro atoms. The highest BCUT2D eigenvalue weighted by Gasteiger charge is 2.43. The van der Waals surface area contributed by atoms with Crippen molar-refractivity contribution < 1.29 is 19.5 Å². The number of carbonyl (C=O) groups is 3. The maximum absolute atomic E-state index is 12.8. The molecule has 2 aliphatic rings. The first-order valence-corrected chi connectivity index (χ1v) is 8.42. The molecule has 2 saturated heterocycles. The van der Waals surface area contributed by atoms with Gasteiger partial charge in [-0.2, -0.15) is 0 Å².